The molecule has 0 spiro atoms. The Kier molecular flexibility index (Phi) is 4.85. The Morgan fingerprint density at radius 2 is 2.28 bits per heavy atom. The van der Waals surface area contributed by atoms with Crippen molar-refractivity contribution in [2.75, 3.05) is 18.6 Å². The smallest absolute Gasteiger partial charge is 0.271 e. The van der Waals surface area contributed by atoms with Gasteiger partial charge in [-0.2, -0.15) is 0 Å². The van der Waals surface area contributed by atoms with Crippen molar-refractivity contribution >= 4 is 28.7 Å². The zero-order chi connectivity index (χ0) is 13.7. The highest BCUT2D eigenvalue weighted by Gasteiger charge is 2.18. The third-order valence-electron chi connectivity index (χ3n) is 2.38. The highest BCUT2D eigenvalue weighted by Crippen LogP contribution is 2.32. The van der Waals surface area contributed by atoms with Crippen molar-refractivity contribution in [1.82, 2.24) is 0 Å². The second kappa shape index (κ2) is 6.15. The van der Waals surface area contributed by atoms with E-state index in [1.165, 1.54) is 25.3 Å². The predicted octanol–water partition coefficient (Wildman–Crippen LogP) is 2.06. The summed E-state index contributed by atoms with van der Waals surface area (Å²) in [5.74, 6) is 0.502. The van der Waals surface area contributed by atoms with Crippen molar-refractivity contribution in [1.29, 1.82) is 0 Å². The Morgan fingerprint density at radius 1 is 1.61 bits per heavy atom. The Balaban J connectivity index is 3.28. The topological polar surface area (TPSA) is 81.6 Å². The number of hydrogen-bond acceptors (Lipinski definition) is 4. The number of anilines is 1. The molecule has 0 amide bonds. The number of non-ortho nitro benzene ring substituents is 1. The third-order valence-corrected chi connectivity index (χ3v) is 2.60. The Bertz CT molecular complexity index is 465. The fourth-order valence-electron chi connectivity index (χ4n) is 1.58. The van der Waals surface area contributed by atoms with Gasteiger partial charge < -0.3 is 15.4 Å². The van der Waals surface area contributed by atoms with E-state index in [1.807, 2.05) is 6.92 Å². The first-order valence-electron chi connectivity index (χ1n) is 5.40. The molecule has 0 atom stereocenters. The molecule has 0 radical (unpaired) electrons. The monoisotopic (exact) mass is 269 g/mol. The molecule has 0 aliphatic heterocycles. The molecule has 98 valence electrons. The Hall–Kier alpha value is -1.89. The van der Waals surface area contributed by atoms with E-state index >= 15 is 0 Å². The van der Waals surface area contributed by atoms with Crippen molar-refractivity contribution in [2.24, 2.45) is 5.73 Å². The van der Waals surface area contributed by atoms with Crippen molar-refractivity contribution in [2.45, 2.75) is 13.3 Å². The molecule has 0 aliphatic carbocycles. The van der Waals surface area contributed by atoms with Crippen LogP contribution in [-0.4, -0.2) is 23.7 Å². The molecule has 0 aliphatic rings. The van der Waals surface area contributed by atoms with E-state index in [-0.39, 0.29) is 10.8 Å². The van der Waals surface area contributed by atoms with Gasteiger partial charge in [0.05, 0.1) is 17.7 Å². The van der Waals surface area contributed by atoms with Crippen LogP contribution in [0.3, 0.4) is 0 Å². The summed E-state index contributed by atoms with van der Waals surface area (Å²) in [5.41, 5.74) is 6.13. The van der Waals surface area contributed by atoms with Gasteiger partial charge in [-0.15, -0.1) is 0 Å². The Morgan fingerprint density at radius 3 is 2.72 bits per heavy atom. The van der Waals surface area contributed by atoms with Crippen LogP contribution in [0.25, 0.3) is 0 Å². The highest BCUT2D eigenvalue weighted by atomic mass is 32.1. The zero-order valence-corrected chi connectivity index (χ0v) is 11.1. The number of ether oxygens (including phenoxy) is 1. The van der Waals surface area contributed by atoms with E-state index in [0.717, 1.165) is 6.42 Å². The average Bonchev–Trinajstić information content (AvgIpc) is 2.34. The minimum Gasteiger partial charge on any atom is -0.495 e. The molecular formula is C11H15N3O3S. The van der Waals surface area contributed by atoms with Crippen LogP contribution in [-0.2, 0) is 0 Å². The van der Waals surface area contributed by atoms with Gasteiger partial charge in [0.2, 0.25) is 0 Å². The standard InChI is InChI=1S/C11H15N3O3S/c1-3-6-13(11(12)18)9-7-8(14(15)16)4-5-10(9)17-2/h4-5,7H,3,6H2,1-2H3,(H2,12,18). The van der Waals surface area contributed by atoms with Gasteiger partial charge in [-0.1, -0.05) is 6.92 Å². The fraction of sp³-hybridized carbons (Fsp3) is 0.364. The summed E-state index contributed by atoms with van der Waals surface area (Å²) in [7, 11) is 1.49. The molecule has 0 aromatic heterocycles. The Labute approximate surface area is 110 Å². The molecule has 0 bridgehead atoms. The van der Waals surface area contributed by atoms with Crippen LogP contribution in [0.5, 0.6) is 5.75 Å². The molecule has 6 nitrogen and oxygen atoms in total. The van der Waals surface area contributed by atoms with E-state index < -0.39 is 4.92 Å². The lowest BCUT2D eigenvalue weighted by Gasteiger charge is -2.23. The third kappa shape index (κ3) is 3.07. The molecule has 0 saturated heterocycles. The van der Waals surface area contributed by atoms with E-state index in [2.05, 4.69) is 0 Å². The van der Waals surface area contributed by atoms with E-state index in [9.17, 15) is 10.1 Å². The summed E-state index contributed by atoms with van der Waals surface area (Å²) in [6, 6.07) is 4.33. The highest BCUT2D eigenvalue weighted by molar-refractivity contribution is 7.80. The fourth-order valence-corrected chi connectivity index (χ4v) is 1.77. The lowest BCUT2D eigenvalue weighted by molar-refractivity contribution is -0.384. The molecule has 0 saturated carbocycles. The number of thiocarbonyl (C=S) groups is 1. The molecule has 18 heavy (non-hydrogen) atoms. The van der Waals surface area contributed by atoms with Crippen LogP contribution < -0.4 is 15.4 Å². The van der Waals surface area contributed by atoms with Crippen LogP contribution >= 0.6 is 12.2 Å². The van der Waals surface area contributed by atoms with Crippen LogP contribution in [0.2, 0.25) is 0 Å². The van der Waals surface area contributed by atoms with E-state index in [4.69, 9.17) is 22.7 Å². The van der Waals surface area contributed by atoms with E-state index in [1.54, 1.807) is 4.90 Å². The van der Waals surface area contributed by atoms with E-state index in [0.29, 0.717) is 18.0 Å². The lowest BCUT2D eigenvalue weighted by atomic mass is 10.2. The van der Waals surface area contributed by atoms with Gasteiger partial charge in [-0.3, -0.25) is 10.1 Å². The number of hydrogen-bond donors (Lipinski definition) is 1. The first kappa shape index (κ1) is 14.2. The predicted molar refractivity (Wildman–Crippen MR) is 74.1 cm³/mol. The first-order valence-corrected chi connectivity index (χ1v) is 5.81. The normalized spacial score (nSPS) is 9.89. The van der Waals surface area contributed by atoms with Gasteiger partial charge >= 0.3 is 0 Å². The second-order valence-corrected chi connectivity index (χ2v) is 4.02. The van der Waals surface area contributed by atoms with Gasteiger partial charge in [0.15, 0.2) is 5.11 Å². The van der Waals surface area contributed by atoms with Crippen molar-refractivity contribution in [3.8, 4) is 5.75 Å². The molecular weight excluding hydrogens is 254 g/mol. The molecule has 7 heteroatoms. The summed E-state index contributed by atoms with van der Waals surface area (Å²) < 4.78 is 5.18. The second-order valence-electron chi connectivity index (χ2n) is 3.60. The number of benzene rings is 1. The molecule has 1 aromatic carbocycles. The van der Waals surface area contributed by atoms with Gasteiger partial charge in [0.1, 0.15) is 5.75 Å². The molecule has 0 unspecified atom stereocenters. The SMILES string of the molecule is CCCN(C(N)=S)c1cc([N+](=O)[O-])ccc1OC. The summed E-state index contributed by atoms with van der Waals surface area (Å²) in [4.78, 5) is 11.9. The summed E-state index contributed by atoms with van der Waals surface area (Å²) in [6.07, 6.45) is 0.809. The molecule has 0 heterocycles. The maximum atomic E-state index is 10.8. The summed E-state index contributed by atoms with van der Waals surface area (Å²) in [5, 5.41) is 10.9. The van der Waals surface area contributed by atoms with Gasteiger partial charge in [-0.25, -0.2) is 0 Å². The summed E-state index contributed by atoms with van der Waals surface area (Å²) >= 11 is 4.96. The number of methoxy groups -OCH3 is 1. The maximum Gasteiger partial charge on any atom is 0.271 e. The quantitative estimate of drug-likeness (QED) is 0.500. The van der Waals surface area contributed by atoms with Crippen molar-refractivity contribution < 1.29 is 9.66 Å². The molecule has 2 N–H and O–H groups in total. The largest absolute Gasteiger partial charge is 0.495 e. The molecule has 0 fully saturated rings. The minimum absolute atomic E-state index is 0.0249. The molecule has 1 rings (SSSR count). The van der Waals surface area contributed by atoms with Crippen molar-refractivity contribution in [3.05, 3.63) is 28.3 Å². The van der Waals surface area contributed by atoms with Crippen LogP contribution in [0.1, 0.15) is 13.3 Å². The van der Waals surface area contributed by atoms with Gasteiger partial charge in [-0.05, 0) is 24.7 Å². The average molecular weight is 269 g/mol. The first-order chi connectivity index (χ1) is 8.51. The maximum absolute atomic E-state index is 10.8. The number of nitro groups is 1. The lowest BCUT2D eigenvalue weighted by Crippen LogP contribution is -2.36. The van der Waals surface area contributed by atoms with Crippen LogP contribution in [0, 0.1) is 10.1 Å². The number of nitrogens with two attached hydrogens (primary N) is 1. The number of rotatable bonds is 5. The van der Waals surface area contributed by atoms with Gasteiger partial charge in [0, 0.05) is 18.7 Å². The van der Waals surface area contributed by atoms with Crippen molar-refractivity contribution in [3.63, 3.8) is 0 Å². The summed E-state index contributed by atoms with van der Waals surface area (Å²) in [6.45, 7) is 2.54. The minimum atomic E-state index is -0.466. The number of nitro benzene ring substituents is 1. The number of nitrogens with zero attached hydrogens (tertiary/aromatic N) is 2. The molecule has 1 aromatic rings. The van der Waals surface area contributed by atoms with Gasteiger partial charge in [0.25, 0.3) is 5.69 Å². The van der Waals surface area contributed by atoms with Crippen LogP contribution in [0.15, 0.2) is 18.2 Å². The van der Waals surface area contributed by atoms with Crippen LogP contribution in [0.4, 0.5) is 11.4 Å². The zero-order valence-electron chi connectivity index (χ0n) is 10.3.